The van der Waals surface area contributed by atoms with E-state index < -0.39 is 0 Å². The Labute approximate surface area is 141 Å². The lowest BCUT2D eigenvalue weighted by atomic mass is 10.2. The van der Waals surface area contributed by atoms with E-state index in [1.54, 1.807) is 17.1 Å². The minimum atomic E-state index is -0.187. The Kier molecular flexibility index (Phi) is 5.57. The normalized spacial score (nSPS) is 14.3. The van der Waals surface area contributed by atoms with E-state index in [-0.39, 0.29) is 18.3 Å². The number of aryl methyl sites for hydroxylation is 1. The van der Waals surface area contributed by atoms with Crippen molar-refractivity contribution < 1.29 is 4.79 Å². The third-order valence-corrected chi connectivity index (χ3v) is 3.95. The van der Waals surface area contributed by atoms with Crippen LogP contribution < -0.4 is 15.5 Å². The smallest absolute Gasteiger partial charge is 0.260 e. The minimum absolute atomic E-state index is 0. The quantitative estimate of drug-likeness (QED) is 0.881. The van der Waals surface area contributed by atoms with Gasteiger partial charge in [0.05, 0.1) is 23.6 Å². The predicted molar refractivity (Wildman–Crippen MR) is 92.5 cm³/mol. The van der Waals surface area contributed by atoms with Gasteiger partial charge in [-0.3, -0.25) is 9.48 Å². The van der Waals surface area contributed by atoms with Crippen molar-refractivity contribution in [1.29, 1.82) is 0 Å². The van der Waals surface area contributed by atoms with Crippen LogP contribution in [0.15, 0.2) is 24.5 Å². The lowest BCUT2D eigenvalue weighted by Crippen LogP contribution is -2.43. The molecule has 0 unspecified atom stereocenters. The predicted octanol–water partition coefficient (Wildman–Crippen LogP) is 1.21. The van der Waals surface area contributed by atoms with Gasteiger partial charge in [0, 0.05) is 38.9 Å². The van der Waals surface area contributed by atoms with Gasteiger partial charge in [-0.2, -0.15) is 5.10 Å². The summed E-state index contributed by atoms with van der Waals surface area (Å²) in [6.07, 6.45) is 3.37. The third kappa shape index (κ3) is 3.80. The van der Waals surface area contributed by atoms with Crippen LogP contribution in [0.1, 0.15) is 16.1 Å². The van der Waals surface area contributed by atoms with Crippen LogP contribution >= 0.6 is 12.4 Å². The first-order valence-electron chi connectivity index (χ1n) is 7.37. The summed E-state index contributed by atoms with van der Waals surface area (Å²) in [5.74, 6) is 0.361. The molecule has 0 aromatic carbocycles. The average molecular weight is 337 g/mol. The number of hydrogen-bond donors (Lipinski definition) is 2. The number of hydrogen-bond acceptors (Lipinski definition) is 5. The zero-order valence-corrected chi connectivity index (χ0v) is 14.1. The molecule has 1 saturated heterocycles. The molecule has 1 fully saturated rings. The first-order chi connectivity index (χ1) is 10.6. The maximum atomic E-state index is 12.2. The fraction of sp³-hybridized carbons (Fsp3) is 0.400. The molecule has 2 aromatic rings. The molecule has 3 heterocycles. The summed E-state index contributed by atoms with van der Waals surface area (Å²) < 4.78 is 1.68. The maximum absolute atomic E-state index is 12.2. The molecular weight excluding hydrogens is 316 g/mol. The highest BCUT2D eigenvalue weighted by Crippen LogP contribution is 2.16. The number of carbonyl (C=O) groups is 1. The topological polar surface area (TPSA) is 75.1 Å². The molecule has 8 heteroatoms. The summed E-state index contributed by atoms with van der Waals surface area (Å²) in [6.45, 7) is 5.78. The molecule has 1 aliphatic heterocycles. The molecule has 0 radical (unpaired) electrons. The molecule has 1 aliphatic rings. The first-order valence-corrected chi connectivity index (χ1v) is 7.37. The van der Waals surface area contributed by atoms with Gasteiger partial charge < -0.3 is 15.5 Å². The van der Waals surface area contributed by atoms with Crippen molar-refractivity contribution in [2.24, 2.45) is 7.05 Å². The van der Waals surface area contributed by atoms with E-state index >= 15 is 0 Å². The number of nitrogens with zero attached hydrogens (tertiary/aromatic N) is 4. The molecule has 0 aliphatic carbocycles. The zero-order chi connectivity index (χ0) is 15.5. The number of anilines is 2. The Morgan fingerprint density at radius 3 is 2.57 bits per heavy atom. The largest absolute Gasteiger partial charge is 0.368 e. The number of aromatic nitrogens is 3. The summed E-state index contributed by atoms with van der Waals surface area (Å²) in [6, 6.07) is 3.82. The highest BCUT2D eigenvalue weighted by atomic mass is 35.5. The minimum Gasteiger partial charge on any atom is -0.368 e. The van der Waals surface area contributed by atoms with Gasteiger partial charge in [0.2, 0.25) is 0 Å². The van der Waals surface area contributed by atoms with Gasteiger partial charge in [-0.15, -0.1) is 12.4 Å². The fourth-order valence-electron chi connectivity index (χ4n) is 2.48. The van der Waals surface area contributed by atoms with E-state index in [1.807, 2.05) is 26.1 Å². The number of nitrogens with one attached hydrogen (secondary N) is 2. The van der Waals surface area contributed by atoms with Crippen molar-refractivity contribution in [2.45, 2.75) is 6.92 Å². The molecule has 0 bridgehead atoms. The van der Waals surface area contributed by atoms with Crippen LogP contribution in [-0.4, -0.2) is 46.9 Å². The van der Waals surface area contributed by atoms with E-state index in [9.17, 15) is 4.79 Å². The molecule has 2 N–H and O–H groups in total. The van der Waals surface area contributed by atoms with E-state index in [0.29, 0.717) is 11.4 Å². The zero-order valence-electron chi connectivity index (χ0n) is 13.2. The van der Waals surface area contributed by atoms with Gasteiger partial charge in [-0.1, -0.05) is 0 Å². The Morgan fingerprint density at radius 2 is 2.00 bits per heavy atom. The molecule has 1 amide bonds. The van der Waals surface area contributed by atoms with Gasteiger partial charge >= 0.3 is 0 Å². The van der Waals surface area contributed by atoms with E-state index in [0.717, 1.165) is 37.6 Å². The second-order valence-electron chi connectivity index (χ2n) is 5.36. The number of carbonyl (C=O) groups excluding carboxylic acids is 1. The summed E-state index contributed by atoms with van der Waals surface area (Å²) in [4.78, 5) is 18.8. The van der Waals surface area contributed by atoms with Crippen molar-refractivity contribution in [3.05, 3.63) is 35.8 Å². The van der Waals surface area contributed by atoms with Gasteiger partial charge in [-0.05, 0) is 19.1 Å². The molecule has 23 heavy (non-hydrogen) atoms. The molecule has 3 rings (SSSR count). The maximum Gasteiger partial charge on any atom is 0.260 e. The van der Waals surface area contributed by atoms with Crippen LogP contribution in [0.5, 0.6) is 0 Å². The number of pyridine rings is 1. The molecule has 2 aromatic heterocycles. The fourth-order valence-corrected chi connectivity index (χ4v) is 2.48. The number of rotatable bonds is 3. The Hall–Kier alpha value is -2.12. The van der Waals surface area contributed by atoms with Crippen LogP contribution in [0.4, 0.5) is 11.5 Å². The number of amides is 1. The standard InChI is InChI=1S/C15H20N6O.ClH/c1-11-13(10-18-20(11)2)15(22)19-14-4-3-12(9-17-14)21-7-5-16-6-8-21;/h3-4,9-10,16H,5-8H2,1-2H3,(H,17,19,22);1H. The average Bonchev–Trinajstić information content (AvgIpc) is 2.88. The summed E-state index contributed by atoms with van der Waals surface area (Å²) in [7, 11) is 1.81. The monoisotopic (exact) mass is 336 g/mol. The van der Waals surface area contributed by atoms with Crippen LogP contribution in [0, 0.1) is 6.92 Å². The second-order valence-corrected chi connectivity index (χ2v) is 5.36. The SMILES string of the molecule is Cc1c(C(=O)Nc2ccc(N3CCNCC3)cn2)cnn1C.Cl. The van der Waals surface area contributed by atoms with Gasteiger partial charge in [0.15, 0.2) is 0 Å². The molecular formula is C15H21ClN6O. The summed E-state index contributed by atoms with van der Waals surface area (Å²) >= 11 is 0. The van der Waals surface area contributed by atoms with Crippen LogP contribution in [0.25, 0.3) is 0 Å². The molecule has 0 saturated carbocycles. The molecule has 0 spiro atoms. The lowest BCUT2D eigenvalue weighted by molar-refractivity contribution is 0.102. The van der Waals surface area contributed by atoms with Crippen molar-refractivity contribution in [3.8, 4) is 0 Å². The van der Waals surface area contributed by atoms with E-state index in [1.165, 1.54) is 0 Å². The van der Waals surface area contributed by atoms with E-state index in [4.69, 9.17) is 0 Å². The lowest BCUT2D eigenvalue weighted by Gasteiger charge is -2.29. The Balaban J connectivity index is 0.00000192. The first kappa shape index (κ1) is 17.2. The van der Waals surface area contributed by atoms with Gasteiger partial charge in [-0.25, -0.2) is 4.98 Å². The highest BCUT2D eigenvalue weighted by molar-refractivity contribution is 6.04. The van der Waals surface area contributed by atoms with Gasteiger partial charge in [0.1, 0.15) is 5.82 Å². The molecule has 7 nitrogen and oxygen atoms in total. The van der Waals surface area contributed by atoms with Crippen molar-refractivity contribution in [3.63, 3.8) is 0 Å². The van der Waals surface area contributed by atoms with Crippen LogP contribution in [0.2, 0.25) is 0 Å². The number of halogens is 1. The van der Waals surface area contributed by atoms with Crippen molar-refractivity contribution >= 4 is 29.8 Å². The van der Waals surface area contributed by atoms with E-state index in [2.05, 4.69) is 25.6 Å². The number of piperazine rings is 1. The highest BCUT2D eigenvalue weighted by Gasteiger charge is 2.14. The van der Waals surface area contributed by atoms with Gasteiger partial charge in [0.25, 0.3) is 5.91 Å². The van der Waals surface area contributed by atoms with Crippen LogP contribution in [-0.2, 0) is 7.05 Å². The Bertz CT molecular complexity index is 663. The van der Waals surface area contributed by atoms with Crippen molar-refractivity contribution in [2.75, 3.05) is 36.4 Å². The Morgan fingerprint density at radius 1 is 1.26 bits per heavy atom. The van der Waals surface area contributed by atoms with Crippen molar-refractivity contribution in [1.82, 2.24) is 20.1 Å². The summed E-state index contributed by atoms with van der Waals surface area (Å²) in [5, 5.41) is 10.2. The third-order valence-electron chi connectivity index (χ3n) is 3.95. The molecule has 124 valence electrons. The molecule has 0 atom stereocenters. The second kappa shape index (κ2) is 7.43. The summed E-state index contributed by atoms with van der Waals surface area (Å²) in [5.41, 5.74) is 2.47. The van der Waals surface area contributed by atoms with Crippen LogP contribution in [0.3, 0.4) is 0 Å².